The quantitative estimate of drug-likeness (QED) is 0.851. The van der Waals surface area contributed by atoms with Crippen molar-refractivity contribution in [2.45, 2.75) is 25.6 Å². The molecular weight excluding hydrogens is 286 g/mol. The van der Waals surface area contributed by atoms with Crippen LogP contribution in [0.4, 0.5) is 17.6 Å². The molecule has 1 atom stereocenters. The summed E-state index contributed by atoms with van der Waals surface area (Å²) in [5.41, 5.74) is -0.177. The van der Waals surface area contributed by atoms with Crippen LogP contribution in [0.5, 0.6) is 0 Å². The summed E-state index contributed by atoms with van der Waals surface area (Å²) in [6.45, 7) is 1.89. The predicted octanol–water partition coefficient (Wildman–Crippen LogP) is 4.31. The summed E-state index contributed by atoms with van der Waals surface area (Å²) in [4.78, 5) is 0. The number of nitrogens with one attached hydrogen (secondary N) is 1. The summed E-state index contributed by atoms with van der Waals surface area (Å²) < 4.78 is 57.1. The Morgan fingerprint density at radius 3 is 2.52 bits per heavy atom. The Kier molecular flexibility index (Phi) is 4.37. The van der Waals surface area contributed by atoms with Crippen LogP contribution in [-0.2, 0) is 12.6 Å². The molecule has 0 spiro atoms. The smallest absolute Gasteiger partial charge is 0.419 e. The molecule has 1 aromatic carbocycles. The van der Waals surface area contributed by atoms with E-state index in [2.05, 4.69) is 5.32 Å². The third-order valence-electron chi connectivity index (χ3n) is 3.33. The highest BCUT2D eigenvalue weighted by Gasteiger charge is 2.35. The predicted molar refractivity (Wildman–Crippen MR) is 70.4 cm³/mol. The lowest BCUT2D eigenvalue weighted by atomic mass is 9.96. The molecule has 1 unspecified atom stereocenters. The summed E-state index contributed by atoms with van der Waals surface area (Å²) in [6, 6.07) is 4.24. The lowest BCUT2D eigenvalue weighted by Gasteiger charge is -2.18. The average Bonchev–Trinajstić information content (AvgIpc) is 2.88. The van der Waals surface area contributed by atoms with Gasteiger partial charge in [-0.3, -0.25) is 0 Å². The van der Waals surface area contributed by atoms with Crippen LogP contribution in [-0.4, -0.2) is 7.05 Å². The van der Waals surface area contributed by atoms with E-state index in [4.69, 9.17) is 4.42 Å². The summed E-state index contributed by atoms with van der Waals surface area (Å²) in [5, 5.41) is 2.94. The van der Waals surface area contributed by atoms with Crippen molar-refractivity contribution in [3.05, 3.63) is 58.8 Å². The molecule has 2 rings (SSSR count). The van der Waals surface area contributed by atoms with E-state index in [0.717, 1.165) is 17.7 Å². The zero-order valence-electron chi connectivity index (χ0n) is 11.6. The molecule has 0 aliphatic rings. The number of aryl methyl sites for hydroxylation is 1. The van der Waals surface area contributed by atoms with E-state index in [1.807, 2.05) is 6.92 Å². The van der Waals surface area contributed by atoms with Gasteiger partial charge in [-0.1, -0.05) is 13.0 Å². The number of benzene rings is 1. The highest BCUT2D eigenvalue weighted by molar-refractivity contribution is 5.37. The molecule has 0 amide bonds. The molecule has 1 heterocycles. The van der Waals surface area contributed by atoms with Gasteiger partial charge in [0.25, 0.3) is 0 Å². The van der Waals surface area contributed by atoms with Gasteiger partial charge in [0.2, 0.25) is 0 Å². The standard InChI is InChI=1S/C15H15F4NO/c1-3-13-10(6-7-21-13)14(20-2)9-4-5-12(16)11(8-9)15(17,18)19/h4-8,14,20H,3H2,1-2H3. The van der Waals surface area contributed by atoms with Crippen LogP contribution >= 0.6 is 0 Å². The van der Waals surface area contributed by atoms with Gasteiger partial charge in [-0.25, -0.2) is 4.39 Å². The van der Waals surface area contributed by atoms with E-state index < -0.39 is 23.6 Å². The Labute approximate surface area is 119 Å². The fraction of sp³-hybridized carbons (Fsp3) is 0.333. The van der Waals surface area contributed by atoms with Crippen molar-refractivity contribution >= 4 is 0 Å². The molecule has 2 aromatic rings. The molecule has 0 aliphatic heterocycles. The van der Waals surface area contributed by atoms with Crippen molar-refractivity contribution in [3.8, 4) is 0 Å². The van der Waals surface area contributed by atoms with Crippen molar-refractivity contribution in [2.24, 2.45) is 0 Å². The lowest BCUT2D eigenvalue weighted by molar-refractivity contribution is -0.140. The summed E-state index contributed by atoms with van der Waals surface area (Å²) in [6.07, 6.45) is -2.61. The number of rotatable bonds is 4. The molecule has 2 nitrogen and oxygen atoms in total. The van der Waals surface area contributed by atoms with E-state index in [1.165, 1.54) is 12.3 Å². The van der Waals surface area contributed by atoms with Gasteiger partial charge in [-0.15, -0.1) is 0 Å². The van der Waals surface area contributed by atoms with Crippen LogP contribution in [0.15, 0.2) is 34.9 Å². The van der Waals surface area contributed by atoms with Crippen LogP contribution in [0.3, 0.4) is 0 Å². The van der Waals surface area contributed by atoms with Crippen LogP contribution in [0.1, 0.15) is 35.4 Å². The van der Waals surface area contributed by atoms with E-state index in [9.17, 15) is 17.6 Å². The van der Waals surface area contributed by atoms with Crippen LogP contribution in [0, 0.1) is 5.82 Å². The third-order valence-corrected chi connectivity index (χ3v) is 3.33. The second kappa shape index (κ2) is 5.89. The fourth-order valence-corrected chi connectivity index (χ4v) is 2.34. The largest absolute Gasteiger partial charge is 0.469 e. The van der Waals surface area contributed by atoms with Gasteiger partial charge in [-0.05, 0) is 30.8 Å². The molecule has 0 aliphatic carbocycles. The first-order valence-electron chi connectivity index (χ1n) is 6.48. The monoisotopic (exact) mass is 301 g/mol. The van der Waals surface area contributed by atoms with Gasteiger partial charge in [0.1, 0.15) is 11.6 Å². The van der Waals surface area contributed by atoms with E-state index in [-0.39, 0.29) is 0 Å². The van der Waals surface area contributed by atoms with Gasteiger partial charge in [-0.2, -0.15) is 13.2 Å². The van der Waals surface area contributed by atoms with Gasteiger partial charge in [0.15, 0.2) is 0 Å². The van der Waals surface area contributed by atoms with E-state index in [1.54, 1.807) is 13.1 Å². The van der Waals surface area contributed by atoms with Gasteiger partial charge < -0.3 is 9.73 Å². The molecule has 1 aromatic heterocycles. The minimum Gasteiger partial charge on any atom is -0.469 e. The molecule has 21 heavy (non-hydrogen) atoms. The van der Waals surface area contributed by atoms with Crippen molar-refractivity contribution in [3.63, 3.8) is 0 Å². The number of halogens is 4. The van der Waals surface area contributed by atoms with Gasteiger partial charge in [0, 0.05) is 12.0 Å². The lowest BCUT2D eigenvalue weighted by Crippen LogP contribution is -2.19. The molecule has 0 radical (unpaired) electrons. The number of furan rings is 1. The Morgan fingerprint density at radius 1 is 1.24 bits per heavy atom. The van der Waals surface area contributed by atoms with Crippen LogP contribution in [0.2, 0.25) is 0 Å². The summed E-state index contributed by atoms with van der Waals surface area (Å²) in [7, 11) is 1.63. The first kappa shape index (κ1) is 15.6. The molecule has 0 saturated carbocycles. The summed E-state index contributed by atoms with van der Waals surface area (Å²) in [5.74, 6) is -0.587. The van der Waals surface area contributed by atoms with Crippen molar-refractivity contribution in [1.82, 2.24) is 5.32 Å². The normalized spacial score (nSPS) is 13.4. The highest BCUT2D eigenvalue weighted by Crippen LogP contribution is 2.34. The third kappa shape index (κ3) is 3.10. The van der Waals surface area contributed by atoms with E-state index >= 15 is 0 Å². The first-order valence-corrected chi connectivity index (χ1v) is 6.48. The molecule has 114 valence electrons. The second-order valence-electron chi connectivity index (χ2n) is 4.61. The zero-order valence-corrected chi connectivity index (χ0v) is 11.6. The van der Waals surface area contributed by atoms with Crippen molar-refractivity contribution in [2.75, 3.05) is 7.05 Å². The van der Waals surface area contributed by atoms with Crippen molar-refractivity contribution < 1.29 is 22.0 Å². The Bertz CT molecular complexity index is 618. The minimum atomic E-state index is -4.72. The maximum absolute atomic E-state index is 13.4. The topological polar surface area (TPSA) is 25.2 Å². The molecule has 0 saturated heterocycles. The van der Waals surface area contributed by atoms with Crippen LogP contribution in [0.25, 0.3) is 0 Å². The zero-order chi connectivity index (χ0) is 15.6. The Balaban J connectivity index is 2.49. The highest BCUT2D eigenvalue weighted by atomic mass is 19.4. The number of alkyl halides is 3. The first-order chi connectivity index (χ1) is 9.88. The molecule has 6 heteroatoms. The number of hydrogen-bond acceptors (Lipinski definition) is 2. The molecule has 0 bridgehead atoms. The number of hydrogen-bond donors (Lipinski definition) is 1. The minimum absolute atomic E-state index is 0.335. The van der Waals surface area contributed by atoms with Gasteiger partial charge >= 0.3 is 6.18 Å². The molecular formula is C15H15F4NO. The molecule has 0 fully saturated rings. The SMILES string of the molecule is CCc1occc1C(NC)c1ccc(F)c(C(F)(F)F)c1. The van der Waals surface area contributed by atoms with Crippen molar-refractivity contribution in [1.29, 1.82) is 0 Å². The fourth-order valence-electron chi connectivity index (χ4n) is 2.34. The van der Waals surface area contributed by atoms with Gasteiger partial charge in [0.05, 0.1) is 17.9 Å². The average molecular weight is 301 g/mol. The summed E-state index contributed by atoms with van der Waals surface area (Å²) >= 11 is 0. The Hall–Kier alpha value is -1.82. The van der Waals surface area contributed by atoms with E-state index in [0.29, 0.717) is 17.7 Å². The maximum atomic E-state index is 13.4. The Morgan fingerprint density at radius 2 is 1.95 bits per heavy atom. The molecule has 1 N–H and O–H groups in total. The van der Waals surface area contributed by atoms with Crippen LogP contribution < -0.4 is 5.32 Å². The maximum Gasteiger partial charge on any atom is 0.419 e. The second-order valence-corrected chi connectivity index (χ2v) is 4.61.